The zero-order chi connectivity index (χ0) is 18.1. The molecular weight excluding hydrogens is 323 g/mol. The first-order chi connectivity index (χ1) is 12.0. The summed E-state index contributed by atoms with van der Waals surface area (Å²) in [5.41, 5.74) is 1.04. The fraction of sp³-hybridized carbons (Fsp3) is 0.684. The van der Waals surface area contributed by atoms with Crippen molar-refractivity contribution >= 4 is 0 Å². The number of hydrogen-bond donors (Lipinski definition) is 1. The Morgan fingerprint density at radius 3 is 2.56 bits per heavy atom. The minimum Gasteiger partial charge on any atom is -0.389 e. The quantitative estimate of drug-likeness (QED) is 0.694. The molecule has 5 nitrogen and oxygen atoms in total. The average Bonchev–Trinajstić information content (AvgIpc) is 2.61. The van der Waals surface area contributed by atoms with Crippen LogP contribution >= 0.6 is 0 Å². The third kappa shape index (κ3) is 8.25. The second-order valence-corrected chi connectivity index (χ2v) is 6.85. The monoisotopic (exact) mass is 354 g/mol. The SMILES string of the molecule is CC(C)OC[C@@H](O)CN(CCN1CCOCC1)Cc1ccc(F)cc1. The van der Waals surface area contributed by atoms with Crippen molar-refractivity contribution in [3.8, 4) is 0 Å². The molecule has 0 radical (unpaired) electrons. The Morgan fingerprint density at radius 2 is 1.92 bits per heavy atom. The van der Waals surface area contributed by atoms with Crippen LogP contribution in [0.4, 0.5) is 4.39 Å². The van der Waals surface area contributed by atoms with E-state index in [1.54, 1.807) is 12.1 Å². The summed E-state index contributed by atoms with van der Waals surface area (Å²) in [6.45, 7) is 10.7. The Morgan fingerprint density at radius 1 is 1.24 bits per heavy atom. The molecule has 25 heavy (non-hydrogen) atoms. The number of hydrogen-bond acceptors (Lipinski definition) is 5. The molecule has 142 valence electrons. The highest BCUT2D eigenvalue weighted by Gasteiger charge is 2.16. The van der Waals surface area contributed by atoms with E-state index in [0.717, 1.165) is 45.0 Å². The predicted octanol–water partition coefficient (Wildman–Crippen LogP) is 1.75. The third-order valence-corrected chi connectivity index (χ3v) is 4.25. The summed E-state index contributed by atoms with van der Waals surface area (Å²) in [5, 5.41) is 10.3. The van der Waals surface area contributed by atoms with Crippen LogP contribution in [0.15, 0.2) is 24.3 Å². The molecule has 1 aliphatic rings. The van der Waals surface area contributed by atoms with Crippen LogP contribution in [-0.4, -0.2) is 79.7 Å². The van der Waals surface area contributed by atoms with Gasteiger partial charge >= 0.3 is 0 Å². The number of benzene rings is 1. The highest BCUT2D eigenvalue weighted by Crippen LogP contribution is 2.09. The lowest BCUT2D eigenvalue weighted by Gasteiger charge is -2.31. The van der Waals surface area contributed by atoms with Gasteiger partial charge in [0.25, 0.3) is 0 Å². The van der Waals surface area contributed by atoms with Crippen molar-refractivity contribution in [2.45, 2.75) is 32.6 Å². The van der Waals surface area contributed by atoms with Gasteiger partial charge in [0, 0.05) is 39.3 Å². The number of halogens is 1. The molecule has 0 bridgehead atoms. The first-order valence-corrected chi connectivity index (χ1v) is 9.09. The molecule has 1 N–H and O–H groups in total. The van der Waals surface area contributed by atoms with Gasteiger partial charge in [0.1, 0.15) is 5.82 Å². The van der Waals surface area contributed by atoms with E-state index in [1.807, 2.05) is 13.8 Å². The summed E-state index contributed by atoms with van der Waals surface area (Å²) in [7, 11) is 0. The predicted molar refractivity (Wildman–Crippen MR) is 96.0 cm³/mol. The van der Waals surface area contributed by atoms with E-state index >= 15 is 0 Å². The van der Waals surface area contributed by atoms with Gasteiger partial charge in [-0.1, -0.05) is 12.1 Å². The Labute approximate surface area is 150 Å². The van der Waals surface area contributed by atoms with Gasteiger partial charge in [-0.15, -0.1) is 0 Å². The molecule has 0 aromatic heterocycles. The van der Waals surface area contributed by atoms with E-state index in [4.69, 9.17) is 9.47 Å². The third-order valence-electron chi connectivity index (χ3n) is 4.25. The fourth-order valence-corrected chi connectivity index (χ4v) is 2.84. The number of rotatable bonds is 10. The highest BCUT2D eigenvalue weighted by molar-refractivity contribution is 5.15. The maximum absolute atomic E-state index is 13.1. The van der Waals surface area contributed by atoms with Crippen molar-refractivity contribution in [1.82, 2.24) is 9.80 Å². The number of aliphatic hydroxyl groups is 1. The molecule has 1 fully saturated rings. The average molecular weight is 354 g/mol. The molecule has 1 saturated heterocycles. The van der Waals surface area contributed by atoms with Gasteiger partial charge in [-0.2, -0.15) is 0 Å². The van der Waals surface area contributed by atoms with Gasteiger partial charge in [-0.3, -0.25) is 9.80 Å². The van der Waals surface area contributed by atoms with Gasteiger partial charge < -0.3 is 14.6 Å². The topological polar surface area (TPSA) is 45.2 Å². The molecule has 1 aromatic rings. The van der Waals surface area contributed by atoms with Crippen LogP contribution in [-0.2, 0) is 16.0 Å². The van der Waals surface area contributed by atoms with Crippen molar-refractivity contribution < 1.29 is 19.0 Å². The lowest BCUT2D eigenvalue weighted by molar-refractivity contribution is -0.0129. The van der Waals surface area contributed by atoms with E-state index < -0.39 is 6.10 Å². The molecular formula is C19H31FN2O3. The van der Waals surface area contributed by atoms with Crippen LogP contribution < -0.4 is 0 Å². The molecule has 6 heteroatoms. The van der Waals surface area contributed by atoms with Crippen LogP contribution in [0.2, 0.25) is 0 Å². The first-order valence-electron chi connectivity index (χ1n) is 9.09. The first kappa shape index (κ1) is 20.3. The molecule has 2 rings (SSSR count). The highest BCUT2D eigenvalue weighted by atomic mass is 19.1. The minimum atomic E-state index is -0.535. The lowest BCUT2D eigenvalue weighted by Crippen LogP contribution is -2.43. The molecule has 0 aliphatic carbocycles. The van der Waals surface area contributed by atoms with E-state index in [-0.39, 0.29) is 11.9 Å². The van der Waals surface area contributed by atoms with Crippen molar-refractivity contribution in [3.63, 3.8) is 0 Å². The maximum atomic E-state index is 13.1. The van der Waals surface area contributed by atoms with E-state index in [1.165, 1.54) is 12.1 Å². The van der Waals surface area contributed by atoms with Gasteiger partial charge in [0.15, 0.2) is 0 Å². The molecule has 0 saturated carbocycles. The summed E-state index contributed by atoms with van der Waals surface area (Å²) in [5.74, 6) is -0.228. The molecule has 0 spiro atoms. The summed E-state index contributed by atoms with van der Waals surface area (Å²) in [6.07, 6.45) is -0.430. The number of ether oxygens (including phenoxy) is 2. The van der Waals surface area contributed by atoms with E-state index in [0.29, 0.717) is 19.7 Å². The zero-order valence-corrected chi connectivity index (χ0v) is 15.4. The van der Waals surface area contributed by atoms with Crippen molar-refractivity contribution in [3.05, 3.63) is 35.6 Å². The smallest absolute Gasteiger partial charge is 0.123 e. The van der Waals surface area contributed by atoms with Crippen LogP contribution in [0.3, 0.4) is 0 Å². The van der Waals surface area contributed by atoms with Crippen molar-refractivity contribution in [1.29, 1.82) is 0 Å². The standard InChI is InChI=1S/C19H31FN2O3/c1-16(2)25-15-19(23)14-22(8-7-21-9-11-24-12-10-21)13-17-3-5-18(20)6-4-17/h3-6,16,19,23H,7-15H2,1-2H3/t19-/m0/s1. The van der Waals surface area contributed by atoms with E-state index in [2.05, 4.69) is 9.80 Å². The van der Waals surface area contributed by atoms with Gasteiger partial charge in [-0.05, 0) is 31.5 Å². The second-order valence-electron chi connectivity index (χ2n) is 6.85. The molecule has 0 unspecified atom stereocenters. The summed E-state index contributed by atoms with van der Waals surface area (Å²) >= 11 is 0. The van der Waals surface area contributed by atoms with Gasteiger partial charge in [0.2, 0.25) is 0 Å². The second kappa shape index (κ2) is 10.8. The molecule has 1 aromatic carbocycles. The van der Waals surface area contributed by atoms with Crippen LogP contribution in [0.1, 0.15) is 19.4 Å². The van der Waals surface area contributed by atoms with Crippen LogP contribution in [0.25, 0.3) is 0 Å². The summed E-state index contributed by atoms with van der Waals surface area (Å²) < 4.78 is 24.0. The summed E-state index contributed by atoms with van der Waals surface area (Å²) in [4.78, 5) is 4.58. The van der Waals surface area contributed by atoms with Crippen LogP contribution in [0.5, 0.6) is 0 Å². The van der Waals surface area contributed by atoms with Gasteiger partial charge in [-0.25, -0.2) is 4.39 Å². The largest absolute Gasteiger partial charge is 0.389 e. The number of aliphatic hydroxyl groups excluding tert-OH is 1. The Kier molecular flexibility index (Phi) is 8.78. The Bertz CT molecular complexity index is 478. The number of nitrogens with zero attached hydrogens (tertiary/aromatic N) is 2. The van der Waals surface area contributed by atoms with Crippen LogP contribution in [0, 0.1) is 5.82 Å². The lowest BCUT2D eigenvalue weighted by atomic mass is 10.2. The van der Waals surface area contributed by atoms with Crippen molar-refractivity contribution in [2.24, 2.45) is 0 Å². The normalized spacial score (nSPS) is 17.4. The zero-order valence-electron chi connectivity index (χ0n) is 15.4. The Balaban J connectivity index is 1.88. The molecule has 1 aliphatic heterocycles. The van der Waals surface area contributed by atoms with Gasteiger partial charge in [0.05, 0.1) is 32.0 Å². The van der Waals surface area contributed by atoms with E-state index in [9.17, 15) is 9.50 Å². The molecule has 0 amide bonds. The fourth-order valence-electron chi connectivity index (χ4n) is 2.84. The Hall–Kier alpha value is -1.05. The molecule has 1 atom stereocenters. The molecule has 1 heterocycles. The van der Waals surface area contributed by atoms with Crippen molar-refractivity contribution in [2.75, 3.05) is 52.5 Å². The summed E-state index contributed by atoms with van der Waals surface area (Å²) in [6, 6.07) is 6.56. The number of morpholine rings is 1. The minimum absolute atomic E-state index is 0.105. The maximum Gasteiger partial charge on any atom is 0.123 e.